The molecule has 234 valence electrons. The largest absolute Gasteiger partial charge is 0.256 e. The molecule has 42 heavy (non-hydrogen) atoms. The van der Waals surface area contributed by atoms with E-state index in [0.717, 1.165) is 18.4 Å². The quantitative estimate of drug-likeness (QED) is 0.0788. The molecule has 0 unspecified atom stereocenters. The predicted octanol–water partition coefficient (Wildman–Crippen LogP) is 12.8. The molecule has 2 aromatic heterocycles. The summed E-state index contributed by atoms with van der Waals surface area (Å²) in [5.74, 6) is 0. The van der Waals surface area contributed by atoms with Gasteiger partial charge in [0.05, 0.1) is 11.0 Å². The summed E-state index contributed by atoms with van der Waals surface area (Å²) in [7, 11) is 0. The van der Waals surface area contributed by atoms with Crippen LogP contribution in [0, 0.1) is 0 Å². The van der Waals surface area contributed by atoms with Crippen molar-refractivity contribution in [3.8, 4) is 0 Å². The van der Waals surface area contributed by atoms with Crippen LogP contribution in [-0.4, -0.2) is 9.97 Å². The number of unbranched alkanes of at least 4 members (excludes halogenated alkanes) is 16. The fourth-order valence-corrected chi connectivity index (χ4v) is 6.84. The summed E-state index contributed by atoms with van der Waals surface area (Å²) >= 11 is 0. The van der Waals surface area contributed by atoms with Gasteiger partial charge in [-0.3, -0.25) is 9.97 Å². The lowest BCUT2D eigenvalue weighted by molar-refractivity contribution is 0.610. The summed E-state index contributed by atoms with van der Waals surface area (Å²) in [5.41, 5.74) is 8.64. The maximum absolute atomic E-state index is 5.63. The SMILES string of the molecule is CCCCCCCc1nc2c(c(CCCCCCC)cc3ncccc32)c(CCCCCCC)c1CCCCCCC. The second-order valence-corrected chi connectivity index (χ2v) is 13.0. The van der Waals surface area contributed by atoms with Gasteiger partial charge in [-0.1, -0.05) is 130 Å². The molecule has 0 aliphatic carbocycles. The number of pyridine rings is 2. The average molecular weight is 573 g/mol. The molecule has 1 aromatic carbocycles. The van der Waals surface area contributed by atoms with E-state index in [2.05, 4.69) is 45.9 Å². The first-order chi connectivity index (χ1) is 20.7. The van der Waals surface area contributed by atoms with Crippen LogP contribution in [0.3, 0.4) is 0 Å². The maximum Gasteiger partial charge on any atom is 0.0805 e. The van der Waals surface area contributed by atoms with Crippen molar-refractivity contribution in [2.24, 2.45) is 0 Å². The zero-order valence-corrected chi connectivity index (χ0v) is 28.2. The van der Waals surface area contributed by atoms with Gasteiger partial charge in [0.25, 0.3) is 0 Å². The Morgan fingerprint density at radius 3 is 1.60 bits per heavy atom. The molecule has 0 saturated heterocycles. The number of aromatic nitrogens is 2. The van der Waals surface area contributed by atoms with Crippen LogP contribution in [0.1, 0.15) is 178 Å². The van der Waals surface area contributed by atoms with Crippen LogP contribution in [0.15, 0.2) is 24.4 Å². The number of benzene rings is 1. The lowest BCUT2D eigenvalue weighted by Crippen LogP contribution is -2.08. The molecule has 2 heteroatoms. The lowest BCUT2D eigenvalue weighted by atomic mass is 9.87. The Morgan fingerprint density at radius 1 is 0.524 bits per heavy atom. The van der Waals surface area contributed by atoms with Crippen molar-refractivity contribution in [3.05, 3.63) is 46.8 Å². The molecule has 0 fully saturated rings. The molecule has 0 radical (unpaired) electrons. The summed E-state index contributed by atoms with van der Waals surface area (Å²) in [4.78, 5) is 10.5. The summed E-state index contributed by atoms with van der Waals surface area (Å²) in [6.45, 7) is 9.27. The van der Waals surface area contributed by atoms with Crippen molar-refractivity contribution >= 4 is 21.8 Å². The van der Waals surface area contributed by atoms with Gasteiger partial charge in [0.2, 0.25) is 0 Å². The van der Waals surface area contributed by atoms with Crippen LogP contribution < -0.4 is 0 Å². The Labute approximate surface area is 259 Å². The Morgan fingerprint density at radius 2 is 1.02 bits per heavy atom. The van der Waals surface area contributed by atoms with Crippen molar-refractivity contribution < 1.29 is 0 Å². The second kappa shape index (κ2) is 20.9. The summed E-state index contributed by atoms with van der Waals surface area (Å²) < 4.78 is 0. The van der Waals surface area contributed by atoms with Gasteiger partial charge >= 0.3 is 0 Å². The van der Waals surface area contributed by atoms with Gasteiger partial charge in [-0.15, -0.1) is 0 Å². The van der Waals surface area contributed by atoms with E-state index in [1.165, 1.54) is 169 Å². The topological polar surface area (TPSA) is 25.8 Å². The Hall–Kier alpha value is -1.96. The fourth-order valence-electron chi connectivity index (χ4n) is 6.84. The molecule has 0 saturated carbocycles. The molecule has 0 N–H and O–H groups in total. The second-order valence-electron chi connectivity index (χ2n) is 13.0. The number of hydrogen-bond acceptors (Lipinski definition) is 2. The molecule has 2 heterocycles. The highest BCUT2D eigenvalue weighted by Crippen LogP contribution is 2.35. The van der Waals surface area contributed by atoms with E-state index in [4.69, 9.17) is 9.97 Å². The molecular formula is C40H64N2. The first-order valence-corrected chi connectivity index (χ1v) is 18.5. The highest BCUT2D eigenvalue weighted by molar-refractivity contribution is 6.07. The van der Waals surface area contributed by atoms with E-state index in [1.54, 1.807) is 11.1 Å². The van der Waals surface area contributed by atoms with E-state index in [-0.39, 0.29) is 0 Å². The first kappa shape index (κ1) is 34.5. The zero-order valence-electron chi connectivity index (χ0n) is 28.2. The standard InChI is InChI=1S/C40H64N2/c1-5-9-13-17-21-26-33-32-38-36(29-25-31-41-38)40-39(33)35(28-23-19-15-11-7-3)34(27-22-18-14-10-6-2)37(42-40)30-24-20-16-12-8-4/h25,29,31-32H,5-24,26-28,30H2,1-4H3. The Kier molecular flexibility index (Phi) is 17.1. The molecule has 0 bridgehead atoms. The molecule has 0 spiro atoms. The van der Waals surface area contributed by atoms with E-state index >= 15 is 0 Å². The Balaban J connectivity index is 2.09. The molecule has 3 aromatic rings. The van der Waals surface area contributed by atoms with Gasteiger partial charge in [-0.2, -0.15) is 0 Å². The third kappa shape index (κ3) is 10.9. The van der Waals surface area contributed by atoms with Crippen LogP contribution in [0.2, 0.25) is 0 Å². The van der Waals surface area contributed by atoms with Crippen LogP contribution in [0.25, 0.3) is 21.8 Å². The smallest absolute Gasteiger partial charge is 0.0805 e. The van der Waals surface area contributed by atoms with Crippen LogP contribution in [0.5, 0.6) is 0 Å². The molecule has 0 amide bonds. The fraction of sp³-hybridized carbons (Fsp3) is 0.700. The van der Waals surface area contributed by atoms with Gasteiger partial charge in [0, 0.05) is 22.7 Å². The summed E-state index contributed by atoms with van der Waals surface area (Å²) in [6, 6.07) is 6.84. The van der Waals surface area contributed by atoms with Crippen molar-refractivity contribution in [2.75, 3.05) is 0 Å². The van der Waals surface area contributed by atoms with Gasteiger partial charge in [-0.05, 0) is 86.3 Å². The third-order valence-corrected chi connectivity index (χ3v) is 9.35. The van der Waals surface area contributed by atoms with Crippen LogP contribution >= 0.6 is 0 Å². The average Bonchev–Trinajstić information content (AvgIpc) is 3.01. The summed E-state index contributed by atoms with van der Waals surface area (Å²) in [5, 5.41) is 2.77. The minimum atomic E-state index is 1.13. The molecule has 2 nitrogen and oxygen atoms in total. The molecular weight excluding hydrogens is 508 g/mol. The maximum atomic E-state index is 5.63. The summed E-state index contributed by atoms with van der Waals surface area (Å²) in [6.07, 6.45) is 33.3. The number of aryl methyl sites for hydroxylation is 3. The van der Waals surface area contributed by atoms with Crippen molar-refractivity contribution in [2.45, 2.75) is 182 Å². The Bertz CT molecular complexity index is 1150. The number of fused-ring (bicyclic) bond motifs is 3. The van der Waals surface area contributed by atoms with E-state index in [0.29, 0.717) is 0 Å². The number of hydrogen-bond donors (Lipinski definition) is 0. The lowest BCUT2D eigenvalue weighted by Gasteiger charge is -2.21. The molecule has 3 rings (SSSR count). The van der Waals surface area contributed by atoms with Crippen molar-refractivity contribution in [1.29, 1.82) is 0 Å². The molecule has 0 atom stereocenters. The zero-order chi connectivity index (χ0) is 29.8. The number of nitrogens with zero attached hydrogens (tertiary/aromatic N) is 2. The normalized spacial score (nSPS) is 11.7. The van der Waals surface area contributed by atoms with Crippen molar-refractivity contribution in [3.63, 3.8) is 0 Å². The third-order valence-electron chi connectivity index (χ3n) is 9.35. The molecule has 0 aliphatic rings. The highest BCUT2D eigenvalue weighted by atomic mass is 14.7. The van der Waals surface area contributed by atoms with Crippen LogP contribution in [-0.2, 0) is 25.7 Å². The number of rotatable bonds is 24. The highest BCUT2D eigenvalue weighted by Gasteiger charge is 2.20. The van der Waals surface area contributed by atoms with Crippen LogP contribution in [0.4, 0.5) is 0 Å². The van der Waals surface area contributed by atoms with Gasteiger partial charge in [-0.25, -0.2) is 0 Å². The van der Waals surface area contributed by atoms with Gasteiger partial charge in [0.15, 0.2) is 0 Å². The van der Waals surface area contributed by atoms with Gasteiger partial charge < -0.3 is 0 Å². The minimum Gasteiger partial charge on any atom is -0.256 e. The first-order valence-electron chi connectivity index (χ1n) is 18.5. The van der Waals surface area contributed by atoms with Gasteiger partial charge in [0.1, 0.15) is 0 Å². The minimum absolute atomic E-state index is 1.13. The predicted molar refractivity (Wildman–Crippen MR) is 187 cm³/mol. The monoisotopic (exact) mass is 573 g/mol. The van der Waals surface area contributed by atoms with E-state index in [1.807, 2.05) is 6.20 Å². The molecule has 0 aliphatic heterocycles. The van der Waals surface area contributed by atoms with E-state index in [9.17, 15) is 0 Å². The van der Waals surface area contributed by atoms with Crippen molar-refractivity contribution in [1.82, 2.24) is 9.97 Å². The van der Waals surface area contributed by atoms with E-state index < -0.39 is 0 Å².